The number of nitro groups is 1. The monoisotopic (exact) mass is 311 g/mol. The zero-order chi connectivity index (χ0) is 15.6. The quantitative estimate of drug-likeness (QED) is 0.687. The van der Waals surface area contributed by atoms with E-state index in [1.165, 1.54) is 0 Å². The number of aromatic carboxylic acids is 1. The summed E-state index contributed by atoms with van der Waals surface area (Å²) in [5, 5.41) is 19.8. The van der Waals surface area contributed by atoms with Crippen molar-refractivity contribution in [3.63, 3.8) is 0 Å². The molecule has 108 valence electrons. The van der Waals surface area contributed by atoms with Gasteiger partial charge in [0.25, 0.3) is 5.69 Å². The first kappa shape index (κ1) is 14.9. The summed E-state index contributed by atoms with van der Waals surface area (Å²) in [6, 6.07) is 5.99. The number of halogens is 2. The molecule has 2 aromatic rings. The Hall–Kier alpha value is -2.48. The van der Waals surface area contributed by atoms with Gasteiger partial charge in [-0.25, -0.2) is 13.6 Å². The Bertz CT molecular complexity index is 736. The average Bonchev–Trinajstić information content (AvgIpc) is 2.41. The molecule has 21 heavy (non-hydrogen) atoms. The van der Waals surface area contributed by atoms with Crippen molar-refractivity contribution in [3.05, 3.63) is 63.7 Å². The number of nitrogens with zero attached hydrogens (tertiary/aromatic N) is 1. The number of carboxylic acids is 1. The fourth-order valence-electron chi connectivity index (χ4n) is 1.56. The number of rotatable bonds is 4. The molecule has 0 heterocycles. The van der Waals surface area contributed by atoms with Gasteiger partial charge in [-0.2, -0.15) is 0 Å². The summed E-state index contributed by atoms with van der Waals surface area (Å²) in [7, 11) is 0. The number of hydrogen-bond acceptors (Lipinski definition) is 4. The molecule has 0 spiro atoms. The first-order valence-corrected chi connectivity index (χ1v) is 6.35. The van der Waals surface area contributed by atoms with Crippen LogP contribution in [0.3, 0.4) is 0 Å². The summed E-state index contributed by atoms with van der Waals surface area (Å²) in [4.78, 5) is 21.0. The molecule has 5 nitrogen and oxygen atoms in total. The Morgan fingerprint density at radius 3 is 2.43 bits per heavy atom. The molecule has 0 aromatic heterocycles. The van der Waals surface area contributed by atoms with E-state index in [2.05, 4.69) is 0 Å². The van der Waals surface area contributed by atoms with Gasteiger partial charge in [-0.15, -0.1) is 0 Å². The van der Waals surface area contributed by atoms with Gasteiger partial charge in [-0.1, -0.05) is 11.8 Å². The molecule has 0 fully saturated rings. The third kappa shape index (κ3) is 3.34. The molecule has 0 radical (unpaired) electrons. The van der Waals surface area contributed by atoms with Crippen LogP contribution in [0.2, 0.25) is 0 Å². The topological polar surface area (TPSA) is 80.4 Å². The SMILES string of the molecule is O=C(O)c1ccc([N+](=O)[O-])c(Sc2ccc(F)cc2F)c1. The lowest BCUT2D eigenvalue weighted by atomic mass is 10.2. The number of carbonyl (C=O) groups is 1. The first-order chi connectivity index (χ1) is 9.88. The van der Waals surface area contributed by atoms with Gasteiger partial charge in [-0.05, 0) is 24.3 Å². The summed E-state index contributed by atoms with van der Waals surface area (Å²) >= 11 is 0.663. The van der Waals surface area contributed by atoms with E-state index in [9.17, 15) is 23.7 Å². The second-order valence-electron chi connectivity index (χ2n) is 3.92. The normalized spacial score (nSPS) is 10.4. The Balaban J connectivity index is 2.48. The van der Waals surface area contributed by atoms with Crippen molar-refractivity contribution in [2.75, 3.05) is 0 Å². The van der Waals surface area contributed by atoms with Crippen molar-refractivity contribution in [1.82, 2.24) is 0 Å². The average molecular weight is 311 g/mol. The highest BCUT2D eigenvalue weighted by molar-refractivity contribution is 7.99. The Morgan fingerprint density at radius 2 is 1.86 bits per heavy atom. The Morgan fingerprint density at radius 1 is 1.14 bits per heavy atom. The molecular formula is C13H7F2NO4S. The lowest BCUT2D eigenvalue weighted by molar-refractivity contribution is -0.387. The van der Waals surface area contributed by atoms with Crippen LogP contribution in [-0.4, -0.2) is 16.0 Å². The van der Waals surface area contributed by atoms with Gasteiger partial charge < -0.3 is 5.11 Å². The van der Waals surface area contributed by atoms with Crippen molar-refractivity contribution >= 4 is 23.4 Å². The first-order valence-electron chi connectivity index (χ1n) is 5.53. The van der Waals surface area contributed by atoms with Crippen LogP contribution in [-0.2, 0) is 0 Å². The lowest BCUT2D eigenvalue weighted by Crippen LogP contribution is -1.99. The van der Waals surface area contributed by atoms with Crippen LogP contribution >= 0.6 is 11.8 Å². The molecule has 0 aliphatic heterocycles. The van der Waals surface area contributed by atoms with Gasteiger partial charge >= 0.3 is 5.97 Å². The minimum absolute atomic E-state index is 0.0367. The molecule has 2 rings (SSSR count). The summed E-state index contributed by atoms with van der Waals surface area (Å²) in [6.07, 6.45) is 0. The summed E-state index contributed by atoms with van der Waals surface area (Å²) in [6.45, 7) is 0. The van der Waals surface area contributed by atoms with Crippen LogP contribution in [0.4, 0.5) is 14.5 Å². The Kier molecular flexibility index (Phi) is 4.18. The lowest BCUT2D eigenvalue weighted by Gasteiger charge is -2.05. The van der Waals surface area contributed by atoms with Crippen molar-refractivity contribution in [2.24, 2.45) is 0 Å². The van der Waals surface area contributed by atoms with Gasteiger partial charge in [0.05, 0.1) is 15.4 Å². The predicted molar refractivity (Wildman–Crippen MR) is 70.5 cm³/mol. The van der Waals surface area contributed by atoms with Crippen LogP contribution in [0.15, 0.2) is 46.2 Å². The van der Waals surface area contributed by atoms with E-state index in [4.69, 9.17) is 5.11 Å². The highest BCUT2D eigenvalue weighted by atomic mass is 32.2. The second-order valence-corrected chi connectivity index (χ2v) is 5.01. The van der Waals surface area contributed by atoms with Gasteiger partial charge in [0, 0.05) is 17.0 Å². The predicted octanol–water partition coefficient (Wildman–Crippen LogP) is 3.72. The van der Waals surface area contributed by atoms with E-state index in [0.717, 1.165) is 30.3 Å². The third-order valence-electron chi connectivity index (χ3n) is 2.52. The van der Waals surface area contributed by atoms with Crippen LogP contribution in [0.25, 0.3) is 0 Å². The maximum absolute atomic E-state index is 13.6. The second kappa shape index (κ2) is 5.88. The summed E-state index contributed by atoms with van der Waals surface area (Å²) < 4.78 is 26.4. The maximum Gasteiger partial charge on any atom is 0.335 e. The van der Waals surface area contributed by atoms with Gasteiger partial charge in [-0.3, -0.25) is 10.1 Å². The number of carboxylic acid groups (broad SMARTS) is 1. The van der Waals surface area contributed by atoms with Crippen LogP contribution in [0.5, 0.6) is 0 Å². The fourth-order valence-corrected chi connectivity index (χ4v) is 2.52. The minimum atomic E-state index is -1.26. The largest absolute Gasteiger partial charge is 0.478 e. The van der Waals surface area contributed by atoms with Crippen LogP contribution < -0.4 is 0 Å². The smallest absolute Gasteiger partial charge is 0.335 e. The molecule has 0 atom stereocenters. The highest BCUT2D eigenvalue weighted by Gasteiger charge is 2.19. The molecule has 2 aromatic carbocycles. The van der Waals surface area contributed by atoms with E-state index in [1.54, 1.807) is 0 Å². The van der Waals surface area contributed by atoms with Gasteiger partial charge in [0.2, 0.25) is 0 Å². The molecular weight excluding hydrogens is 304 g/mol. The molecule has 8 heteroatoms. The number of hydrogen-bond donors (Lipinski definition) is 1. The molecule has 1 N–H and O–H groups in total. The molecule has 0 saturated heterocycles. The summed E-state index contributed by atoms with van der Waals surface area (Å²) in [5.74, 6) is -2.91. The van der Waals surface area contributed by atoms with E-state index in [1.807, 2.05) is 0 Å². The van der Waals surface area contributed by atoms with Gasteiger partial charge in [0.1, 0.15) is 11.6 Å². The van der Waals surface area contributed by atoms with Crippen LogP contribution in [0, 0.1) is 21.7 Å². The molecule has 0 amide bonds. The number of benzene rings is 2. The molecule has 0 bridgehead atoms. The van der Waals surface area contributed by atoms with Crippen molar-refractivity contribution in [1.29, 1.82) is 0 Å². The minimum Gasteiger partial charge on any atom is -0.478 e. The van der Waals surface area contributed by atoms with Crippen LogP contribution in [0.1, 0.15) is 10.4 Å². The maximum atomic E-state index is 13.6. The van der Waals surface area contributed by atoms with Crippen molar-refractivity contribution in [2.45, 2.75) is 9.79 Å². The summed E-state index contributed by atoms with van der Waals surface area (Å²) in [5.41, 5.74) is -0.514. The molecule has 0 aliphatic carbocycles. The fraction of sp³-hybridized carbons (Fsp3) is 0. The number of nitro benzene ring substituents is 1. The molecule has 0 saturated carbocycles. The standard InChI is InChI=1S/C13H7F2NO4S/c14-8-2-4-11(9(15)6-8)21-12-5-7(13(17)18)1-3-10(12)16(19)20/h1-6H,(H,17,18). The van der Waals surface area contributed by atoms with E-state index >= 15 is 0 Å². The van der Waals surface area contributed by atoms with Crippen molar-refractivity contribution in [3.8, 4) is 0 Å². The highest BCUT2D eigenvalue weighted by Crippen LogP contribution is 2.36. The molecule has 0 aliphatic rings. The Labute approximate surface area is 121 Å². The van der Waals surface area contributed by atoms with Crippen molar-refractivity contribution < 1.29 is 23.6 Å². The zero-order valence-corrected chi connectivity index (χ0v) is 11.1. The van der Waals surface area contributed by atoms with E-state index < -0.39 is 22.5 Å². The molecule has 0 unspecified atom stereocenters. The third-order valence-corrected chi connectivity index (χ3v) is 3.62. The van der Waals surface area contributed by atoms with Gasteiger partial charge in [0.15, 0.2) is 0 Å². The zero-order valence-electron chi connectivity index (χ0n) is 10.2. The van der Waals surface area contributed by atoms with E-state index in [0.29, 0.717) is 17.8 Å². The van der Waals surface area contributed by atoms with E-state index in [-0.39, 0.29) is 21.0 Å².